The minimum Gasteiger partial charge on any atom is -0.479 e. The summed E-state index contributed by atoms with van der Waals surface area (Å²) in [5, 5.41) is 9.91. The number of pyridine rings is 1. The van der Waals surface area contributed by atoms with E-state index in [-0.39, 0.29) is 11.7 Å². The number of H-pyrrole nitrogens is 1. The zero-order valence-electron chi connectivity index (χ0n) is 25.6. The van der Waals surface area contributed by atoms with Crippen molar-refractivity contribution < 1.29 is 18.4 Å². The van der Waals surface area contributed by atoms with Crippen molar-refractivity contribution in [3.63, 3.8) is 0 Å². The van der Waals surface area contributed by atoms with E-state index in [1.165, 1.54) is 6.20 Å². The third-order valence-electron chi connectivity index (χ3n) is 7.99. The van der Waals surface area contributed by atoms with Crippen LogP contribution in [0.25, 0.3) is 55.4 Å². The Hall–Kier alpha value is -5.07. The molecule has 1 saturated carbocycles. The molecule has 0 unspecified atom stereocenters. The van der Waals surface area contributed by atoms with Crippen LogP contribution >= 0.6 is 0 Å². The maximum absolute atomic E-state index is 13.8. The molecule has 5 heterocycles. The number of carbonyl (C=O) groups is 1. The smallest absolute Gasteiger partial charge is 0.404 e. The molecule has 210 valence electrons. The SMILES string of the molecule is [2H]C([2H])([2H])n1ncc2cc(-c3c(-c4cn(C)nc4OC)[nH]c4ncc5c(c34)n([C@@H]3CC[C@@H](OC(N)=O)C3)c(=O)n5C)ccc21. The second kappa shape index (κ2) is 8.98. The predicted molar refractivity (Wildman–Crippen MR) is 153 cm³/mol. The highest BCUT2D eigenvalue weighted by molar-refractivity contribution is 6.15. The molecule has 0 bridgehead atoms. The van der Waals surface area contributed by atoms with E-state index in [9.17, 15) is 9.59 Å². The molecule has 2 atom stereocenters. The Morgan fingerprint density at radius 1 is 1.22 bits per heavy atom. The fourth-order valence-corrected chi connectivity index (χ4v) is 6.21. The number of fused-ring (bicyclic) bond motifs is 4. The van der Waals surface area contributed by atoms with Crippen LogP contribution < -0.4 is 16.2 Å². The molecule has 0 aliphatic heterocycles. The summed E-state index contributed by atoms with van der Waals surface area (Å²) in [6.07, 6.45) is 5.41. The van der Waals surface area contributed by atoms with E-state index in [0.29, 0.717) is 69.4 Å². The van der Waals surface area contributed by atoms with Gasteiger partial charge in [0.05, 0.1) is 52.7 Å². The van der Waals surface area contributed by atoms with Crippen LogP contribution in [0.1, 0.15) is 29.4 Å². The van der Waals surface area contributed by atoms with Crippen molar-refractivity contribution in [2.24, 2.45) is 26.8 Å². The molecule has 7 rings (SSSR count). The first-order valence-electron chi connectivity index (χ1n) is 14.6. The Kier molecular flexibility index (Phi) is 4.75. The van der Waals surface area contributed by atoms with Crippen LogP contribution in [-0.2, 0) is 25.8 Å². The van der Waals surface area contributed by atoms with Crippen molar-refractivity contribution in [2.75, 3.05) is 7.11 Å². The maximum atomic E-state index is 13.8. The molecule has 1 aliphatic carbocycles. The number of aromatic amines is 1. The molecule has 1 aromatic carbocycles. The summed E-state index contributed by atoms with van der Waals surface area (Å²) >= 11 is 0. The summed E-state index contributed by atoms with van der Waals surface area (Å²) in [5.74, 6) is 0.389. The van der Waals surface area contributed by atoms with Crippen LogP contribution in [0.2, 0.25) is 0 Å². The number of carbonyl (C=O) groups excluding carboxylic acids is 1. The van der Waals surface area contributed by atoms with Gasteiger partial charge in [0.1, 0.15) is 11.8 Å². The van der Waals surface area contributed by atoms with E-state index >= 15 is 0 Å². The second-order valence-electron chi connectivity index (χ2n) is 10.4. The number of aryl methyl sites for hydroxylation is 3. The predicted octanol–water partition coefficient (Wildman–Crippen LogP) is 3.37. The Labute approximate surface area is 237 Å². The Morgan fingerprint density at radius 2 is 2.07 bits per heavy atom. The molecule has 1 amide bonds. The number of imidazole rings is 1. The van der Waals surface area contributed by atoms with Crippen LogP contribution in [0, 0.1) is 0 Å². The number of ether oxygens (including phenoxy) is 2. The highest BCUT2D eigenvalue weighted by atomic mass is 16.6. The number of amides is 1. The third kappa shape index (κ3) is 3.72. The standard InChI is InChI=1S/C28H29N9O4/c1-34-13-18(26(33-34)40-4)23-21(14-5-8-19-15(9-14)11-31-36(19)3)22-24-20(12-30-25(22)32-23)35(2)28(39)37(24)16-6-7-17(10-16)41-27(29)38/h5,8-9,11-13,16-17H,6-7,10H2,1-4H3,(H2,29,38)(H,30,32)/t16-,17-/m1/s1/i3D3. The molecule has 0 spiro atoms. The number of primary amides is 1. The van der Waals surface area contributed by atoms with Crippen LogP contribution in [0.15, 0.2) is 41.6 Å². The number of rotatable bonds is 5. The first-order chi connectivity index (χ1) is 21.0. The van der Waals surface area contributed by atoms with E-state index < -0.39 is 19.2 Å². The van der Waals surface area contributed by atoms with Gasteiger partial charge in [-0.3, -0.25) is 18.5 Å². The zero-order valence-corrected chi connectivity index (χ0v) is 22.6. The van der Waals surface area contributed by atoms with Gasteiger partial charge in [-0.15, -0.1) is 5.10 Å². The van der Waals surface area contributed by atoms with E-state index in [4.69, 9.17) is 24.3 Å². The van der Waals surface area contributed by atoms with Crippen molar-refractivity contribution in [1.29, 1.82) is 0 Å². The van der Waals surface area contributed by atoms with Gasteiger partial charge >= 0.3 is 11.8 Å². The highest BCUT2D eigenvalue weighted by Gasteiger charge is 2.33. The number of aromatic nitrogens is 8. The molecule has 13 nitrogen and oxygen atoms in total. The summed E-state index contributed by atoms with van der Waals surface area (Å²) in [5.41, 5.74) is 10.2. The lowest BCUT2D eigenvalue weighted by Crippen LogP contribution is -2.26. The highest BCUT2D eigenvalue weighted by Crippen LogP contribution is 2.45. The summed E-state index contributed by atoms with van der Waals surface area (Å²) < 4.78 is 40.5. The zero-order chi connectivity index (χ0) is 31.1. The van der Waals surface area contributed by atoms with Gasteiger partial charge in [0.15, 0.2) is 0 Å². The number of methoxy groups -OCH3 is 1. The molecule has 1 aliphatic rings. The third-order valence-corrected chi connectivity index (χ3v) is 7.99. The van der Waals surface area contributed by atoms with Crippen LogP contribution in [0.5, 0.6) is 5.88 Å². The average molecular weight is 559 g/mol. The second-order valence-corrected chi connectivity index (χ2v) is 10.4. The van der Waals surface area contributed by atoms with Crippen molar-refractivity contribution >= 4 is 39.1 Å². The number of nitrogens with two attached hydrogens (primary N) is 1. The largest absolute Gasteiger partial charge is 0.479 e. The molecule has 13 heteroatoms. The lowest BCUT2D eigenvalue weighted by Gasteiger charge is -2.14. The summed E-state index contributed by atoms with van der Waals surface area (Å²) in [6, 6.07) is 5.18. The van der Waals surface area contributed by atoms with Gasteiger partial charge in [0.2, 0.25) is 5.88 Å². The van der Waals surface area contributed by atoms with Crippen LogP contribution in [0.4, 0.5) is 4.79 Å². The van der Waals surface area contributed by atoms with Crippen molar-refractivity contribution in [1.82, 2.24) is 38.7 Å². The van der Waals surface area contributed by atoms with Gasteiger partial charge in [-0.05, 0) is 30.5 Å². The number of nitrogens with zero attached hydrogens (tertiary/aromatic N) is 7. The molecule has 41 heavy (non-hydrogen) atoms. The van der Waals surface area contributed by atoms with Gasteiger partial charge < -0.3 is 20.2 Å². The number of hydrogen-bond acceptors (Lipinski definition) is 7. The number of hydrogen-bond donors (Lipinski definition) is 2. The molecule has 0 saturated heterocycles. The Balaban J connectivity index is 1.55. The van der Waals surface area contributed by atoms with Gasteiger partial charge in [-0.1, -0.05) is 6.07 Å². The first-order valence-corrected chi connectivity index (χ1v) is 13.1. The van der Waals surface area contributed by atoms with Crippen molar-refractivity contribution in [3.05, 3.63) is 47.3 Å². The van der Waals surface area contributed by atoms with Crippen molar-refractivity contribution in [3.8, 4) is 28.3 Å². The molecular weight excluding hydrogens is 526 g/mol. The molecule has 6 aromatic rings. The maximum Gasteiger partial charge on any atom is 0.404 e. The first kappa shape index (κ1) is 21.7. The number of benzene rings is 1. The van der Waals surface area contributed by atoms with Crippen LogP contribution in [0.3, 0.4) is 0 Å². The van der Waals surface area contributed by atoms with Crippen LogP contribution in [-0.4, -0.2) is 58.0 Å². The molecule has 0 radical (unpaired) electrons. The fourth-order valence-electron chi connectivity index (χ4n) is 6.21. The lowest BCUT2D eigenvalue weighted by molar-refractivity contribution is 0.108. The van der Waals surface area contributed by atoms with Gasteiger partial charge in [-0.25, -0.2) is 14.6 Å². The topological polar surface area (TPSA) is 153 Å². The Bertz CT molecular complexity index is 2170. The summed E-state index contributed by atoms with van der Waals surface area (Å²) in [4.78, 5) is 33.4. The van der Waals surface area contributed by atoms with Gasteiger partial charge in [-0.2, -0.15) is 5.10 Å². The minimum atomic E-state index is -2.44. The average Bonchev–Trinajstić information content (AvgIpc) is 3.77. The molecule has 1 fully saturated rings. The fraction of sp³-hybridized carbons (Fsp3) is 0.321. The lowest BCUT2D eigenvalue weighted by atomic mass is 9.98. The van der Waals surface area contributed by atoms with E-state index in [1.54, 1.807) is 47.3 Å². The number of nitrogens with one attached hydrogen (secondary N) is 1. The van der Waals surface area contributed by atoms with Gasteiger partial charge in [0, 0.05) is 54.8 Å². The van der Waals surface area contributed by atoms with Gasteiger partial charge in [0.25, 0.3) is 0 Å². The summed E-state index contributed by atoms with van der Waals surface area (Å²) in [7, 11) is 5.03. The van der Waals surface area contributed by atoms with Crippen molar-refractivity contribution in [2.45, 2.75) is 31.4 Å². The monoisotopic (exact) mass is 558 g/mol. The quantitative estimate of drug-likeness (QED) is 0.329. The summed E-state index contributed by atoms with van der Waals surface area (Å²) in [6.45, 7) is -2.44. The van der Waals surface area contributed by atoms with E-state index in [2.05, 4.69) is 15.2 Å². The normalized spacial score (nSPS) is 18.7. The minimum absolute atomic E-state index is 0.221. The Morgan fingerprint density at radius 3 is 2.85 bits per heavy atom. The van der Waals surface area contributed by atoms with E-state index in [0.717, 1.165) is 15.8 Å². The molecular formula is C28H29N9O4. The molecule has 3 N–H and O–H groups in total. The molecule has 5 aromatic heterocycles. The van der Waals surface area contributed by atoms with E-state index in [1.807, 2.05) is 18.3 Å².